The molecule has 7 nitrogen and oxygen atoms in total. The van der Waals surface area contributed by atoms with Crippen molar-refractivity contribution in [2.75, 3.05) is 11.9 Å². The van der Waals surface area contributed by atoms with E-state index >= 15 is 0 Å². The van der Waals surface area contributed by atoms with Gasteiger partial charge in [0.2, 0.25) is 0 Å². The standard InChI is InChI=1S/C27H29N3O4/c1-18-5-15-23(16-6-18)34-17-24(31)29-30-26(33)20-9-13-22(14-10-20)28-25(32)19-7-11-21(12-8-19)27(2,3)4/h5-16H,17H2,1-4H3,(H,28,32)(H,29,31)(H,30,33). The van der Waals surface area contributed by atoms with Crippen molar-refractivity contribution in [1.29, 1.82) is 0 Å². The van der Waals surface area contributed by atoms with E-state index < -0.39 is 11.8 Å². The molecule has 0 unspecified atom stereocenters. The van der Waals surface area contributed by atoms with Gasteiger partial charge in [0.15, 0.2) is 6.61 Å². The Balaban J connectivity index is 1.47. The molecule has 3 amide bonds. The van der Waals surface area contributed by atoms with Gasteiger partial charge in [-0.25, -0.2) is 0 Å². The lowest BCUT2D eigenvalue weighted by Crippen LogP contribution is -2.43. The molecule has 0 spiro atoms. The van der Waals surface area contributed by atoms with Crippen LogP contribution >= 0.6 is 0 Å². The summed E-state index contributed by atoms with van der Waals surface area (Å²) in [7, 11) is 0. The summed E-state index contributed by atoms with van der Waals surface area (Å²) in [6.45, 7) is 8.07. The van der Waals surface area contributed by atoms with E-state index in [1.54, 1.807) is 48.5 Å². The molecule has 3 aromatic rings. The molecule has 0 fully saturated rings. The summed E-state index contributed by atoms with van der Waals surface area (Å²) in [5, 5.41) is 2.81. The van der Waals surface area contributed by atoms with E-state index in [1.807, 2.05) is 31.2 Å². The van der Waals surface area contributed by atoms with Crippen LogP contribution in [0.5, 0.6) is 5.75 Å². The summed E-state index contributed by atoms with van der Waals surface area (Å²) in [5.74, 6) is -0.650. The number of carbonyl (C=O) groups is 3. The summed E-state index contributed by atoms with van der Waals surface area (Å²) >= 11 is 0. The van der Waals surface area contributed by atoms with Crippen molar-refractivity contribution >= 4 is 23.4 Å². The Kier molecular flexibility index (Phi) is 7.68. The molecular weight excluding hydrogens is 430 g/mol. The van der Waals surface area contributed by atoms with Crippen LogP contribution < -0.4 is 20.9 Å². The third-order valence-electron chi connectivity index (χ3n) is 5.12. The van der Waals surface area contributed by atoms with Crippen molar-refractivity contribution in [2.24, 2.45) is 0 Å². The molecule has 7 heteroatoms. The quantitative estimate of drug-likeness (QED) is 0.477. The first-order valence-corrected chi connectivity index (χ1v) is 10.9. The number of nitrogens with one attached hydrogen (secondary N) is 3. The molecule has 0 bridgehead atoms. The van der Waals surface area contributed by atoms with Gasteiger partial charge in [-0.05, 0) is 66.4 Å². The van der Waals surface area contributed by atoms with Crippen LogP contribution in [-0.4, -0.2) is 24.3 Å². The zero-order valence-corrected chi connectivity index (χ0v) is 19.8. The number of ether oxygens (including phenoxy) is 1. The fourth-order valence-electron chi connectivity index (χ4n) is 3.05. The normalized spacial score (nSPS) is 10.8. The molecular formula is C27H29N3O4. The number of hydrogen-bond donors (Lipinski definition) is 3. The van der Waals surface area contributed by atoms with E-state index in [9.17, 15) is 14.4 Å². The first kappa shape index (κ1) is 24.5. The molecule has 3 N–H and O–H groups in total. The zero-order valence-electron chi connectivity index (χ0n) is 19.8. The summed E-state index contributed by atoms with van der Waals surface area (Å²) in [6.07, 6.45) is 0. The molecule has 0 aliphatic heterocycles. The van der Waals surface area contributed by atoms with E-state index in [4.69, 9.17) is 4.74 Å². The maximum Gasteiger partial charge on any atom is 0.276 e. The lowest BCUT2D eigenvalue weighted by molar-refractivity contribution is -0.123. The molecule has 0 aliphatic carbocycles. The summed E-state index contributed by atoms with van der Waals surface area (Å²) < 4.78 is 5.37. The van der Waals surface area contributed by atoms with Crippen LogP contribution in [0.1, 0.15) is 52.6 Å². The third-order valence-corrected chi connectivity index (χ3v) is 5.12. The highest BCUT2D eigenvalue weighted by Gasteiger charge is 2.15. The van der Waals surface area contributed by atoms with Gasteiger partial charge in [0.25, 0.3) is 17.7 Å². The number of benzene rings is 3. The van der Waals surface area contributed by atoms with E-state index in [2.05, 4.69) is 36.9 Å². The van der Waals surface area contributed by atoms with Crippen molar-refractivity contribution < 1.29 is 19.1 Å². The fraction of sp³-hybridized carbons (Fsp3) is 0.222. The van der Waals surface area contributed by atoms with Crippen molar-refractivity contribution in [3.05, 3.63) is 95.1 Å². The van der Waals surface area contributed by atoms with Gasteiger partial charge >= 0.3 is 0 Å². The Labute approximate surface area is 199 Å². The number of aryl methyl sites for hydroxylation is 1. The van der Waals surface area contributed by atoms with E-state index in [1.165, 1.54) is 0 Å². The molecule has 0 radical (unpaired) electrons. The predicted octanol–water partition coefficient (Wildman–Crippen LogP) is 4.38. The highest BCUT2D eigenvalue weighted by Crippen LogP contribution is 2.22. The highest BCUT2D eigenvalue weighted by molar-refractivity contribution is 6.04. The van der Waals surface area contributed by atoms with Crippen LogP contribution in [0.15, 0.2) is 72.8 Å². The maximum absolute atomic E-state index is 12.5. The topological polar surface area (TPSA) is 96.5 Å². The number of hydrogen-bond acceptors (Lipinski definition) is 4. The number of hydrazine groups is 1. The lowest BCUT2D eigenvalue weighted by Gasteiger charge is -2.19. The van der Waals surface area contributed by atoms with Gasteiger partial charge in [-0.2, -0.15) is 0 Å². The van der Waals surface area contributed by atoms with E-state index in [-0.39, 0.29) is 17.9 Å². The van der Waals surface area contributed by atoms with Crippen LogP contribution in [0, 0.1) is 6.92 Å². The number of rotatable bonds is 6. The lowest BCUT2D eigenvalue weighted by atomic mass is 9.87. The van der Waals surface area contributed by atoms with Gasteiger partial charge in [-0.15, -0.1) is 0 Å². The Bertz CT molecular complexity index is 1150. The Morgan fingerprint density at radius 1 is 0.735 bits per heavy atom. The highest BCUT2D eigenvalue weighted by atomic mass is 16.5. The van der Waals surface area contributed by atoms with Crippen LogP contribution in [0.4, 0.5) is 5.69 Å². The minimum absolute atomic E-state index is 0.0129. The predicted molar refractivity (Wildman–Crippen MR) is 132 cm³/mol. The summed E-state index contributed by atoms with van der Waals surface area (Å²) in [4.78, 5) is 36.7. The van der Waals surface area contributed by atoms with E-state index in [0.717, 1.165) is 11.1 Å². The van der Waals surface area contributed by atoms with Crippen molar-refractivity contribution in [2.45, 2.75) is 33.1 Å². The molecule has 0 saturated heterocycles. The van der Waals surface area contributed by atoms with Gasteiger partial charge in [0, 0.05) is 16.8 Å². The van der Waals surface area contributed by atoms with Gasteiger partial charge in [-0.1, -0.05) is 50.6 Å². The third kappa shape index (κ3) is 6.93. The Hall–Kier alpha value is -4.13. The molecule has 0 saturated carbocycles. The zero-order chi connectivity index (χ0) is 24.7. The van der Waals surface area contributed by atoms with E-state index in [0.29, 0.717) is 22.6 Å². The second-order valence-electron chi connectivity index (χ2n) is 8.96. The van der Waals surface area contributed by atoms with Gasteiger partial charge < -0.3 is 10.1 Å². The SMILES string of the molecule is Cc1ccc(OCC(=O)NNC(=O)c2ccc(NC(=O)c3ccc(C(C)(C)C)cc3)cc2)cc1. The molecule has 0 aromatic heterocycles. The first-order chi connectivity index (χ1) is 16.1. The number of carbonyl (C=O) groups excluding carboxylic acids is 3. The largest absolute Gasteiger partial charge is 0.484 e. The molecule has 0 heterocycles. The van der Waals surface area contributed by atoms with Crippen molar-refractivity contribution in [3.8, 4) is 5.75 Å². The van der Waals surface area contributed by atoms with Crippen molar-refractivity contribution in [1.82, 2.24) is 10.9 Å². The second-order valence-corrected chi connectivity index (χ2v) is 8.96. The molecule has 0 atom stereocenters. The van der Waals surface area contributed by atoms with Crippen molar-refractivity contribution in [3.63, 3.8) is 0 Å². The number of amides is 3. The Morgan fingerprint density at radius 2 is 1.29 bits per heavy atom. The maximum atomic E-state index is 12.5. The average molecular weight is 460 g/mol. The average Bonchev–Trinajstić information content (AvgIpc) is 2.82. The minimum atomic E-state index is -0.490. The molecule has 176 valence electrons. The molecule has 0 aliphatic rings. The first-order valence-electron chi connectivity index (χ1n) is 10.9. The Morgan fingerprint density at radius 3 is 1.88 bits per heavy atom. The van der Waals surface area contributed by atoms with Crippen LogP contribution in [0.25, 0.3) is 0 Å². The second kappa shape index (κ2) is 10.7. The number of anilines is 1. The monoisotopic (exact) mass is 459 g/mol. The van der Waals surface area contributed by atoms with Crippen LogP contribution in [0.3, 0.4) is 0 Å². The minimum Gasteiger partial charge on any atom is -0.484 e. The van der Waals surface area contributed by atoms with Crippen LogP contribution in [-0.2, 0) is 10.2 Å². The van der Waals surface area contributed by atoms with Gasteiger partial charge in [0.05, 0.1) is 0 Å². The molecule has 34 heavy (non-hydrogen) atoms. The summed E-state index contributed by atoms with van der Waals surface area (Å²) in [5.41, 5.74) is 8.33. The molecule has 3 rings (SSSR count). The van der Waals surface area contributed by atoms with Gasteiger partial charge in [0.1, 0.15) is 5.75 Å². The summed E-state index contributed by atoms with van der Waals surface area (Å²) in [6, 6.07) is 21.1. The smallest absolute Gasteiger partial charge is 0.276 e. The molecule has 3 aromatic carbocycles. The fourth-order valence-corrected chi connectivity index (χ4v) is 3.05. The van der Waals surface area contributed by atoms with Gasteiger partial charge in [-0.3, -0.25) is 25.2 Å². The van der Waals surface area contributed by atoms with Crippen LogP contribution in [0.2, 0.25) is 0 Å².